The molecule has 0 saturated carbocycles. The third kappa shape index (κ3) is 4.22. The summed E-state index contributed by atoms with van der Waals surface area (Å²) in [5.41, 5.74) is 2.59. The highest BCUT2D eigenvalue weighted by Crippen LogP contribution is 2.21. The molecule has 19 heavy (non-hydrogen) atoms. The maximum atomic E-state index is 9.49. The number of hydrogen-bond donors (Lipinski definition) is 1. The van der Waals surface area contributed by atoms with Gasteiger partial charge >= 0.3 is 0 Å². The van der Waals surface area contributed by atoms with Crippen LogP contribution in [0.3, 0.4) is 0 Å². The van der Waals surface area contributed by atoms with Crippen molar-refractivity contribution in [2.24, 2.45) is 0 Å². The Morgan fingerprint density at radius 2 is 2.05 bits per heavy atom. The second kappa shape index (κ2) is 6.92. The molecule has 0 unspecified atom stereocenters. The van der Waals surface area contributed by atoms with Crippen LogP contribution in [0, 0.1) is 6.92 Å². The highest BCUT2D eigenvalue weighted by molar-refractivity contribution is 5.36. The molecule has 1 heterocycles. The maximum Gasteiger partial charge on any atom is 0.122 e. The molecule has 0 atom stereocenters. The highest BCUT2D eigenvalue weighted by Gasteiger charge is 2.16. The number of hydrogen-bond acceptors (Lipinski definition) is 3. The van der Waals surface area contributed by atoms with Crippen LogP contribution in [0.25, 0.3) is 0 Å². The van der Waals surface area contributed by atoms with Crippen molar-refractivity contribution in [1.29, 1.82) is 0 Å². The summed E-state index contributed by atoms with van der Waals surface area (Å²) in [4.78, 5) is 2.45. The van der Waals surface area contributed by atoms with Gasteiger partial charge in [0.2, 0.25) is 0 Å². The number of aryl methyl sites for hydroxylation is 2. The molecule has 3 nitrogen and oxygen atoms in total. The number of benzene rings is 1. The van der Waals surface area contributed by atoms with E-state index in [1.165, 1.54) is 11.1 Å². The van der Waals surface area contributed by atoms with E-state index in [0.717, 1.165) is 51.1 Å². The van der Waals surface area contributed by atoms with Crippen molar-refractivity contribution in [2.75, 3.05) is 26.7 Å². The van der Waals surface area contributed by atoms with Gasteiger partial charge in [-0.15, -0.1) is 0 Å². The largest absolute Gasteiger partial charge is 0.496 e. The number of ether oxygens (including phenoxy) is 1. The van der Waals surface area contributed by atoms with Crippen LogP contribution >= 0.6 is 0 Å². The third-order valence-electron chi connectivity index (χ3n) is 3.91. The molecule has 1 aliphatic rings. The molecule has 3 heteroatoms. The summed E-state index contributed by atoms with van der Waals surface area (Å²) < 4.78 is 5.41. The van der Waals surface area contributed by atoms with Gasteiger partial charge in [0, 0.05) is 13.1 Å². The molecule has 0 bridgehead atoms. The van der Waals surface area contributed by atoms with E-state index in [1.807, 2.05) is 0 Å². The first-order valence-electron chi connectivity index (χ1n) is 7.23. The summed E-state index contributed by atoms with van der Waals surface area (Å²) in [7, 11) is 1.74. The number of methoxy groups -OCH3 is 1. The van der Waals surface area contributed by atoms with E-state index in [4.69, 9.17) is 4.74 Å². The van der Waals surface area contributed by atoms with E-state index in [-0.39, 0.29) is 6.10 Å². The first kappa shape index (κ1) is 14.4. The van der Waals surface area contributed by atoms with Gasteiger partial charge in [-0.2, -0.15) is 0 Å². The van der Waals surface area contributed by atoms with Crippen molar-refractivity contribution >= 4 is 0 Å². The zero-order chi connectivity index (χ0) is 13.7. The summed E-state index contributed by atoms with van der Waals surface area (Å²) in [6.07, 6.45) is 3.98. The van der Waals surface area contributed by atoms with Crippen LogP contribution in [-0.4, -0.2) is 42.9 Å². The molecule has 0 aliphatic carbocycles. The average Bonchev–Trinajstić information content (AvgIpc) is 2.41. The molecule has 1 aliphatic heterocycles. The van der Waals surface area contributed by atoms with Gasteiger partial charge in [0.1, 0.15) is 5.75 Å². The fourth-order valence-corrected chi connectivity index (χ4v) is 2.74. The first-order chi connectivity index (χ1) is 9.19. The van der Waals surface area contributed by atoms with E-state index in [9.17, 15) is 5.11 Å². The first-order valence-corrected chi connectivity index (χ1v) is 7.23. The number of likely N-dealkylation sites (tertiary alicyclic amines) is 1. The molecule has 0 amide bonds. The Bertz CT molecular complexity index is 398. The lowest BCUT2D eigenvalue weighted by molar-refractivity contribution is 0.0821. The van der Waals surface area contributed by atoms with E-state index >= 15 is 0 Å². The van der Waals surface area contributed by atoms with E-state index < -0.39 is 0 Å². The number of piperidine rings is 1. The Morgan fingerprint density at radius 3 is 2.74 bits per heavy atom. The lowest BCUT2D eigenvalue weighted by Crippen LogP contribution is -2.36. The SMILES string of the molecule is COc1ccc(C)cc1CCCN1CCC(O)CC1. The van der Waals surface area contributed by atoms with Crippen molar-refractivity contribution < 1.29 is 9.84 Å². The minimum absolute atomic E-state index is 0.0758. The second-order valence-electron chi connectivity index (χ2n) is 5.49. The van der Waals surface area contributed by atoms with Crippen LogP contribution in [0.15, 0.2) is 18.2 Å². The van der Waals surface area contributed by atoms with Crippen molar-refractivity contribution in [1.82, 2.24) is 4.90 Å². The van der Waals surface area contributed by atoms with Gasteiger partial charge in [0.05, 0.1) is 13.2 Å². The van der Waals surface area contributed by atoms with Gasteiger partial charge in [-0.3, -0.25) is 0 Å². The minimum atomic E-state index is -0.0758. The predicted octanol–water partition coefficient (Wildman–Crippen LogP) is 2.39. The molecule has 0 radical (unpaired) electrons. The van der Waals surface area contributed by atoms with Crippen LogP contribution in [0.2, 0.25) is 0 Å². The number of nitrogens with zero attached hydrogens (tertiary/aromatic N) is 1. The molecule has 1 fully saturated rings. The molecule has 0 aromatic heterocycles. The normalized spacial score (nSPS) is 17.6. The molecular formula is C16H25NO2. The van der Waals surface area contributed by atoms with Crippen molar-refractivity contribution in [3.63, 3.8) is 0 Å². The molecule has 1 aromatic rings. The average molecular weight is 263 g/mol. The van der Waals surface area contributed by atoms with Crippen molar-refractivity contribution in [3.8, 4) is 5.75 Å². The van der Waals surface area contributed by atoms with Crippen LogP contribution in [-0.2, 0) is 6.42 Å². The number of aliphatic hydroxyl groups is 1. The van der Waals surface area contributed by atoms with Gasteiger partial charge < -0.3 is 14.7 Å². The minimum Gasteiger partial charge on any atom is -0.496 e. The molecule has 106 valence electrons. The fraction of sp³-hybridized carbons (Fsp3) is 0.625. The predicted molar refractivity (Wildman–Crippen MR) is 77.7 cm³/mol. The Balaban J connectivity index is 1.80. The quantitative estimate of drug-likeness (QED) is 0.885. The van der Waals surface area contributed by atoms with E-state index in [1.54, 1.807) is 7.11 Å². The molecule has 1 N–H and O–H groups in total. The number of rotatable bonds is 5. The Hall–Kier alpha value is -1.06. The second-order valence-corrected chi connectivity index (χ2v) is 5.49. The van der Waals surface area contributed by atoms with Gasteiger partial charge in [0.15, 0.2) is 0 Å². The zero-order valence-corrected chi connectivity index (χ0v) is 12.1. The lowest BCUT2D eigenvalue weighted by Gasteiger charge is -2.29. The highest BCUT2D eigenvalue weighted by atomic mass is 16.5. The Morgan fingerprint density at radius 1 is 1.32 bits per heavy atom. The maximum absolute atomic E-state index is 9.49. The van der Waals surface area contributed by atoms with Gasteiger partial charge in [-0.25, -0.2) is 0 Å². The smallest absolute Gasteiger partial charge is 0.122 e. The zero-order valence-electron chi connectivity index (χ0n) is 12.1. The summed E-state index contributed by atoms with van der Waals surface area (Å²) >= 11 is 0. The summed E-state index contributed by atoms with van der Waals surface area (Å²) in [6, 6.07) is 6.37. The monoisotopic (exact) mass is 263 g/mol. The Labute approximate surface area is 116 Å². The number of aliphatic hydroxyl groups excluding tert-OH is 1. The topological polar surface area (TPSA) is 32.7 Å². The Kier molecular flexibility index (Phi) is 5.23. The van der Waals surface area contributed by atoms with E-state index in [0.29, 0.717) is 0 Å². The molecular weight excluding hydrogens is 238 g/mol. The van der Waals surface area contributed by atoms with Crippen LogP contribution in [0.4, 0.5) is 0 Å². The summed E-state index contributed by atoms with van der Waals surface area (Å²) in [6.45, 7) is 5.30. The van der Waals surface area contributed by atoms with Gasteiger partial charge in [0.25, 0.3) is 0 Å². The molecule has 2 rings (SSSR count). The summed E-state index contributed by atoms with van der Waals surface area (Å²) in [5.74, 6) is 1.000. The molecule has 1 aromatic carbocycles. The molecule has 0 spiro atoms. The summed E-state index contributed by atoms with van der Waals surface area (Å²) in [5, 5.41) is 9.49. The van der Waals surface area contributed by atoms with Gasteiger partial charge in [-0.1, -0.05) is 17.7 Å². The third-order valence-corrected chi connectivity index (χ3v) is 3.91. The van der Waals surface area contributed by atoms with Crippen LogP contribution in [0.1, 0.15) is 30.4 Å². The lowest BCUT2D eigenvalue weighted by atomic mass is 10.0. The fourth-order valence-electron chi connectivity index (χ4n) is 2.74. The van der Waals surface area contributed by atoms with Crippen molar-refractivity contribution in [3.05, 3.63) is 29.3 Å². The van der Waals surface area contributed by atoms with Crippen LogP contribution in [0.5, 0.6) is 5.75 Å². The standard InChI is InChI=1S/C16H25NO2/c1-13-5-6-16(19-2)14(12-13)4-3-9-17-10-7-15(18)8-11-17/h5-6,12,15,18H,3-4,7-11H2,1-2H3. The van der Waals surface area contributed by atoms with E-state index in [2.05, 4.69) is 30.0 Å². The van der Waals surface area contributed by atoms with Gasteiger partial charge in [-0.05, 0) is 50.8 Å². The van der Waals surface area contributed by atoms with Crippen LogP contribution < -0.4 is 4.74 Å². The van der Waals surface area contributed by atoms with Crippen molar-refractivity contribution in [2.45, 2.75) is 38.7 Å². The molecule has 1 saturated heterocycles.